The Hall–Kier alpha value is -1.12. The topological polar surface area (TPSA) is 66.9 Å². The van der Waals surface area contributed by atoms with Gasteiger partial charge in [-0.15, -0.1) is 0 Å². The Bertz CT molecular complexity index is 170. The number of primary amides is 1. The average Bonchev–Trinajstić information content (AvgIpc) is 1.63. The molecule has 0 saturated heterocycles. The van der Waals surface area contributed by atoms with Crippen molar-refractivity contribution in [2.75, 3.05) is 0 Å². The van der Waals surface area contributed by atoms with Crippen molar-refractivity contribution in [3.05, 3.63) is 11.6 Å². The molecular formula is C6H10N2O. The van der Waals surface area contributed by atoms with Gasteiger partial charge in [0.2, 0.25) is 5.91 Å². The second-order valence-corrected chi connectivity index (χ2v) is 1.85. The Morgan fingerprint density at radius 1 is 1.56 bits per heavy atom. The van der Waals surface area contributed by atoms with Gasteiger partial charge in [-0.05, 0) is 19.4 Å². The molecule has 0 unspecified atom stereocenters. The molecule has 0 saturated carbocycles. The highest BCUT2D eigenvalue weighted by Crippen LogP contribution is 1.91. The second-order valence-electron chi connectivity index (χ2n) is 1.85. The van der Waals surface area contributed by atoms with Crippen LogP contribution < -0.4 is 5.73 Å². The average molecular weight is 126 g/mol. The van der Waals surface area contributed by atoms with Gasteiger partial charge < -0.3 is 11.1 Å². The van der Waals surface area contributed by atoms with Crippen LogP contribution in [0.3, 0.4) is 0 Å². The first kappa shape index (κ1) is 7.88. The molecule has 0 spiro atoms. The minimum absolute atomic E-state index is 0.369. The molecule has 0 rings (SSSR count). The molecule has 0 aliphatic carbocycles. The first-order chi connectivity index (χ1) is 4.04. The van der Waals surface area contributed by atoms with Gasteiger partial charge in [-0.1, -0.05) is 0 Å². The molecule has 0 bridgehead atoms. The fraction of sp³-hybridized carbons (Fsp3) is 0.333. The summed E-state index contributed by atoms with van der Waals surface area (Å²) in [6, 6.07) is 0. The number of rotatable bonds is 2. The van der Waals surface area contributed by atoms with E-state index in [1.807, 2.05) is 0 Å². The van der Waals surface area contributed by atoms with E-state index in [9.17, 15) is 4.79 Å². The predicted molar refractivity (Wildman–Crippen MR) is 36.4 cm³/mol. The van der Waals surface area contributed by atoms with Crippen molar-refractivity contribution < 1.29 is 4.79 Å². The van der Waals surface area contributed by atoms with Crippen molar-refractivity contribution in [2.24, 2.45) is 5.73 Å². The molecule has 3 heteroatoms. The molecule has 0 heterocycles. The van der Waals surface area contributed by atoms with Crippen LogP contribution in [-0.4, -0.2) is 11.6 Å². The number of amides is 1. The zero-order valence-corrected chi connectivity index (χ0v) is 5.56. The van der Waals surface area contributed by atoms with E-state index in [4.69, 9.17) is 11.1 Å². The van der Waals surface area contributed by atoms with Crippen molar-refractivity contribution in [3.8, 4) is 0 Å². The molecule has 0 fully saturated rings. The normalized spacial score (nSPS) is 11.1. The third-order valence-electron chi connectivity index (χ3n) is 0.950. The molecule has 0 aromatic heterocycles. The Labute approximate surface area is 54.1 Å². The summed E-state index contributed by atoms with van der Waals surface area (Å²) in [5.74, 6) is -0.501. The molecule has 0 aliphatic heterocycles. The van der Waals surface area contributed by atoms with Crippen LogP contribution in [0.2, 0.25) is 0 Å². The van der Waals surface area contributed by atoms with Gasteiger partial charge in [0.1, 0.15) is 0 Å². The van der Waals surface area contributed by atoms with Crippen molar-refractivity contribution in [1.29, 1.82) is 5.41 Å². The largest absolute Gasteiger partial charge is 0.366 e. The number of carbonyl (C=O) groups excluding carboxylic acids is 1. The van der Waals surface area contributed by atoms with Crippen LogP contribution in [0.15, 0.2) is 11.6 Å². The lowest BCUT2D eigenvalue weighted by Crippen LogP contribution is -2.08. The Morgan fingerprint density at radius 2 is 2.00 bits per heavy atom. The molecule has 0 radical (unpaired) electrons. The summed E-state index contributed by atoms with van der Waals surface area (Å²) < 4.78 is 0. The van der Waals surface area contributed by atoms with Crippen LogP contribution in [0.1, 0.15) is 13.8 Å². The summed E-state index contributed by atoms with van der Waals surface area (Å²) in [7, 11) is 0. The maximum absolute atomic E-state index is 10.2. The van der Waals surface area contributed by atoms with Gasteiger partial charge >= 0.3 is 0 Å². The Kier molecular flexibility index (Phi) is 2.64. The molecule has 50 valence electrons. The van der Waals surface area contributed by atoms with E-state index in [-0.39, 0.29) is 0 Å². The van der Waals surface area contributed by atoms with Crippen LogP contribution in [0.4, 0.5) is 0 Å². The number of hydrogen-bond donors (Lipinski definition) is 2. The van der Waals surface area contributed by atoms with E-state index in [2.05, 4.69) is 0 Å². The summed E-state index contributed by atoms with van der Waals surface area (Å²) in [5, 5.41) is 7.02. The molecule has 0 aromatic carbocycles. The molecule has 3 nitrogen and oxygen atoms in total. The maximum atomic E-state index is 10.2. The van der Waals surface area contributed by atoms with E-state index in [0.29, 0.717) is 11.3 Å². The van der Waals surface area contributed by atoms with E-state index >= 15 is 0 Å². The number of nitrogens with one attached hydrogen (secondary N) is 1. The van der Waals surface area contributed by atoms with Gasteiger partial charge in [-0.3, -0.25) is 4.79 Å². The zero-order chi connectivity index (χ0) is 7.44. The monoisotopic (exact) mass is 126 g/mol. The van der Waals surface area contributed by atoms with Crippen LogP contribution >= 0.6 is 0 Å². The smallest absolute Gasteiger partial charge is 0.241 e. The Morgan fingerprint density at radius 3 is 2.11 bits per heavy atom. The van der Waals surface area contributed by atoms with Crippen molar-refractivity contribution in [3.63, 3.8) is 0 Å². The summed E-state index contributed by atoms with van der Waals surface area (Å²) >= 11 is 0. The lowest BCUT2D eigenvalue weighted by Gasteiger charge is -1.91. The lowest BCUT2D eigenvalue weighted by atomic mass is 10.2. The van der Waals surface area contributed by atoms with Gasteiger partial charge in [-0.2, -0.15) is 0 Å². The van der Waals surface area contributed by atoms with Crippen molar-refractivity contribution in [2.45, 2.75) is 13.8 Å². The van der Waals surface area contributed by atoms with Crippen LogP contribution in [0, 0.1) is 5.41 Å². The summed E-state index contributed by atoms with van der Waals surface area (Å²) in [4.78, 5) is 10.2. The third kappa shape index (κ3) is 3.46. The summed E-state index contributed by atoms with van der Waals surface area (Å²) in [6.45, 7) is 3.28. The first-order valence-corrected chi connectivity index (χ1v) is 2.57. The SMILES string of the molecule is CC(=N)/C(C)=C\C(N)=O. The zero-order valence-electron chi connectivity index (χ0n) is 5.56. The molecule has 9 heavy (non-hydrogen) atoms. The standard InChI is InChI=1S/C6H10N2O/c1-4(5(2)7)3-6(8)9/h3,7H,1-2H3,(H2,8,9)/b4-3-,7-5?. The van der Waals surface area contributed by atoms with E-state index in [0.717, 1.165) is 0 Å². The molecular weight excluding hydrogens is 116 g/mol. The number of nitrogens with two attached hydrogens (primary N) is 1. The third-order valence-corrected chi connectivity index (χ3v) is 0.950. The highest BCUT2D eigenvalue weighted by Gasteiger charge is 1.92. The maximum Gasteiger partial charge on any atom is 0.241 e. The Balaban J connectivity index is 4.17. The van der Waals surface area contributed by atoms with Crippen molar-refractivity contribution >= 4 is 11.6 Å². The van der Waals surface area contributed by atoms with Crippen molar-refractivity contribution in [1.82, 2.24) is 0 Å². The van der Waals surface area contributed by atoms with Gasteiger partial charge in [0.05, 0.1) is 0 Å². The molecule has 0 atom stereocenters. The minimum atomic E-state index is -0.501. The number of carbonyl (C=O) groups is 1. The quantitative estimate of drug-likeness (QED) is 0.409. The lowest BCUT2D eigenvalue weighted by molar-refractivity contribution is -0.113. The highest BCUT2D eigenvalue weighted by atomic mass is 16.1. The second kappa shape index (κ2) is 3.02. The number of hydrogen-bond acceptors (Lipinski definition) is 2. The fourth-order valence-corrected chi connectivity index (χ4v) is 0.322. The molecule has 3 N–H and O–H groups in total. The molecule has 1 amide bonds. The highest BCUT2D eigenvalue weighted by molar-refractivity contribution is 6.01. The summed E-state index contributed by atoms with van der Waals surface area (Å²) in [5.41, 5.74) is 5.80. The van der Waals surface area contributed by atoms with E-state index in [1.165, 1.54) is 6.08 Å². The minimum Gasteiger partial charge on any atom is -0.366 e. The number of allylic oxidation sites excluding steroid dienone is 1. The predicted octanol–water partition coefficient (Wildman–Crippen LogP) is 0.458. The van der Waals surface area contributed by atoms with Gasteiger partial charge in [0.15, 0.2) is 0 Å². The molecule has 0 aliphatic rings. The van der Waals surface area contributed by atoms with Gasteiger partial charge in [-0.25, -0.2) is 0 Å². The van der Waals surface area contributed by atoms with Crippen LogP contribution in [0.5, 0.6) is 0 Å². The fourth-order valence-electron chi connectivity index (χ4n) is 0.322. The van der Waals surface area contributed by atoms with Crippen LogP contribution in [-0.2, 0) is 4.79 Å². The summed E-state index contributed by atoms with van der Waals surface area (Å²) in [6.07, 6.45) is 1.24. The van der Waals surface area contributed by atoms with E-state index < -0.39 is 5.91 Å². The van der Waals surface area contributed by atoms with Crippen LogP contribution in [0.25, 0.3) is 0 Å². The van der Waals surface area contributed by atoms with Gasteiger partial charge in [0, 0.05) is 11.8 Å². The van der Waals surface area contributed by atoms with Gasteiger partial charge in [0.25, 0.3) is 0 Å². The first-order valence-electron chi connectivity index (χ1n) is 2.57. The van der Waals surface area contributed by atoms with E-state index in [1.54, 1.807) is 13.8 Å². The molecule has 0 aromatic rings.